The lowest BCUT2D eigenvalue weighted by Crippen LogP contribution is -2.18. The largest absolute Gasteiger partial charge is 0.497 e. The van der Waals surface area contributed by atoms with Gasteiger partial charge in [-0.15, -0.1) is 0 Å². The first kappa shape index (κ1) is 15.3. The van der Waals surface area contributed by atoms with Gasteiger partial charge in [-0.1, -0.05) is 18.2 Å². The van der Waals surface area contributed by atoms with Gasteiger partial charge in [0.1, 0.15) is 5.75 Å². The van der Waals surface area contributed by atoms with Crippen LogP contribution in [0.25, 0.3) is 0 Å². The van der Waals surface area contributed by atoms with Crippen LogP contribution in [0.2, 0.25) is 0 Å². The summed E-state index contributed by atoms with van der Waals surface area (Å²) >= 11 is 0. The van der Waals surface area contributed by atoms with Crippen LogP contribution in [0.3, 0.4) is 0 Å². The Bertz CT molecular complexity index is 584. The fourth-order valence-electron chi connectivity index (χ4n) is 2.30. The highest BCUT2D eigenvalue weighted by Crippen LogP contribution is 2.24. The monoisotopic (exact) mass is 289 g/mol. The van der Waals surface area contributed by atoms with Gasteiger partial charge >= 0.3 is 0 Å². The fourth-order valence-corrected chi connectivity index (χ4v) is 2.30. The molecule has 0 spiro atoms. The third kappa shape index (κ3) is 3.73. The van der Waals surface area contributed by atoms with Gasteiger partial charge in [0.25, 0.3) is 0 Å². The molecule has 0 radical (unpaired) electrons. The molecular weight excluding hydrogens is 269 g/mol. The Kier molecular flexibility index (Phi) is 5.17. The van der Waals surface area contributed by atoms with Gasteiger partial charge in [-0.25, -0.2) is 4.39 Å². The fraction of sp³-hybridized carbons (Fsp3) is 0.294. The van der Waals surface area contributed by atoms with Crippen molar-refractivity contribution in [2.45, 2.75) is 12.5 Å². The Morgan fingerprint density at radius 2 is 1.76 bits per heavy atom. The summed E-state index contributed by atoms with van der Waals surface area (Å²) in [5.41, 5.74) is 2.05. The summed E-state index contributed by atoms with van der Waals surface area (Å²) in [4.78, 5) is 0. The molecule has 0 bridgehead atoms. The summed E-state index contributed by atoms with van der Waals surface area (Å²) in [6.45, 7) is 0. The van der Waals surface area contributed by atoms with Gasteiger partial charge in [-0.05, 0) is 48.9 Å². The SMILES string of the molecule is CNC(Cc1ccc(OC)c(F)c1)c1ccc(OC)cc1. The average molecular weight is 289 g/mol. The first-order chi connectivity index (χ1) is 10.2. The molecule has 1 N–H and O–H groups in total. The van der Waals surface area contributed by atoms with E-state index >= 15 is 0 Å². The molecule has 0 aliphatic rings. The first-order valence-corrected chi connectivity index (χ1v) is 6.81. The van der Waals surface area contributed by atoms with Crippen LogP contribution in [0.15, 0.2) is 42.5 Å². The Hall–Kier alpha value is -2.07. The van der Waals surface area contributed by atoms with Gasteiger partial charge in [0.15, 0.2) is 11.6 Å². The van der Waals surface area contributed by atoms with Crippen LogP contribution >= 0.6 is 0 Å². The quantitative estimate of drug-likeness (QED) is 0.884. The molecule has 1 atom stereocenters. The normalized spacial score (nSPS) is 12.0. The van der Waals surface area contributed by atoms with Crippen LogP contribution in [-0.2, 0) is 6.42 Å². The van der Waals surface area contributed by atoms with Gasteiger partial charge in [0.2, 0.25) is 0 Å². The zero-order valence-corrected chi connectivity index (χ0v) is 12.5. The average Bonchev–Trinajstić information content (AvgIpc) is 2.53. The first-order valence-electron chi connectivity index (χ1n) is 6.81. The smallest absolute Gasteiger partial charge is 0.165 e. The summed E-state index contributed by atoms with van der Waals surface area (Å²) in [5.74, 6) is 0.757. The van der Waals surface area contributed by atoms with Crippen molar-refractivity contribution in [3.8, 4) is 11.5 Å². The number of hydrogen-bond donors (Lipinski definition) is 1. The molecule has 4 heteroatoms. The topological polar surface area (TPSA) is 30.5 Å². The van der Waals surface area contributed by atoms with Crippen molar-refractivity contribution >= 4 is 0 Å². The van der Waals surface area contributed by atoms with E-state index in [1.54, 1.807) is 13.2 Å². The van der Waals surface area contributed by atoms with Crippen LogP contribution in [-0.4, -0.2) is 21.3 Å². The summed E-state index contributed by atoms with van der Waals surface area (Å²) < 4.78 is 23.8. The highest BCUT2D eigenvalue weighted by atomic mass is 19.1. The molecule has 1 unspecified atom stereocenters. The van der Waals surface area contributed by atoms with E-state index in [9.17, 15) is 4.39 Å². The number of halogens is 1. The van der Waals surface area contributed by atoms with Crippen molar-refractivity contribution in [2.24, 2.45) is 0 Å². The van der Waals surface area contributed by atoms with E-state index in [1.165, 1.54) is 13.2 Å². The highest BCUT2D eigenvalue weighted by Gasteiger charge is 2.12. The van der Waals surface area contributed by atoms with E-state index in [0.717, 1.165) is 16.9 Å². The summed E-state index contributed by atoms with van der Waals surface area (Å²) in [6, 6.07) is 13.1. The predicted octanol–water partition coefficient (Wildman–Crippen LogP) is 3.35. The number of ether oxygens (including phenoxy) is 2. The third-order valence-electron chi connectivity index (χ3n) is 3.52. The number of likely N-dealkylation sites (N-methyl/N-ethyl adjacent to an activating group) is 1. The number of nitrogens with one attached hydrogen (secondary N) is 1. The number of rotatable bonds is 6. The van der Waals surface area contributed by atoms with Crippen molar-refractivity contribution in [2.75, 3.05) is 21.3 Å². The van der Waals surface area contributed by atoms with Gasteiger partial charge in [0.05, 0.1) is 14.2 Å². The molecule has 0 fully saturated rings. The summed E-state index contributed by atoms with van der Waals surface area (Å²) in [7, 11) is 5.01. The van der Waals surface area contributed by atoms with Gasteiger partial charge in [-0.2, -0.15) is 0 Å². The maximum atomic E-state index is 13.7. The molecule has 0 heterocycles. The minimum atomic E-state index is -0.334. The number of hydrogen-bond acceptors (Lipinski definition) is 3. The zero-order chi connectivity index (χ0) is 15.2. The van der Waals surface area contributed by atoms with E-state index in [0.29, 0.717) is 6.42 Å². The van der Waals surface area contributed by atoms with E-state index < -0.39 is 0 Å². The Labute approximate surface area is 124 Å². The van der Waals surface area contributed by atoms with E-state index in [4.69, 9.17) is 9.47 Å². The molecule has 0 saturated heterocycles. The van der Waals surface area contributed by atoms with Crippen molar-refractivity contribution < 1.29 is 13.9 Å². The Morgan fingerprint density at radius 1 is 1.05 bits per heavy atom. The third-order valence-corrected chi connectivity index (χ3v) is 3.52. The van der Waals surface area contributed by atoms with E-state index in [-0.39, 0.29) is 17.6 Å². The second-order valence-electron chi connectivity index (χ2n) is 4.79. The molecule has 21 heavy (non-hydrogen) atoms. The Balaban J connectivity index is 2.16. The van der Waals surface area contributed by atoms with Crippen molar-refractivity contribution in [1.29, 1.82) is 0 Å². The van der Waals surface area contributed by atoms with Crippen molar-refractivity contribution in [1.82, 2.24) is 5.32 Å². The van der Waals surface area contributed by atoms with Crippen LogP contribution in [0.4, 0.5) is 4.39 Å². The summed E-state index contributed by atoms with van der Waals surface area (Å²) in [5, 5.41) is 3.26. The van der Waals surface area contributed by atoms with Crippen LogP contribution in [0, 0.1) is 5.82 Å². The van der Waals surface area contributed by atoms with E-state index in [2.05, 4.69) is 5.32 Å². The van der Waals surface area contributed by atoms with Crippen LogP contribution in [0.5, 0.6) is 11.5 Å². The molecular formula is C17H20FNO2. The minimum Gasteiger partial charge on any atom is -0.497 e. The molecule has 0 aliphatic carbocycles. The number of methoxy groups -OCH3 is 2. The van der Waals surface area contributed by atoms with Crippen LogP contribution < -0.4 is 14.8 Å². The lowest BCUT2D eigenvalue weighted by molar-refractivity contribution is 0.386. The Morgan fingerprint density at radius 3 is 2.29 bits per heavy atom. The van der Waals surface area contributed by atoms with Gasteiger partial charge < -0.3 is 14.8 Å². The lowest BCUT2D eigenvalue weighted by atomic mass is 9.98. The maximum Gasteiger partial charge on any atom is 0.165 e. The second kappa shape index (κ2) is 7.09. The molecule has 0 saturated carbocycles. The molecule has 0 amide bonds. The molecule has 2 aromatic rings. The standard InChI is InChI=1S/C17H20FNO2/c1-19-16(13-5-7-14(20-2)8-6-13)11-12-4-9-17(21-3)15(18)10-12/h4-10,16,19H,11H2,1-3H3. The van der Waals surface area contributed by atoms with Crippen molar-refractivity contribution in [3.63, 3.8) is 0 Å². The van der Waals surface area contributed by atoms with Gasteiger partial charge in [-0.3, -0.25) is 0 Å². The predicted molar refractivity (Wildman–Crippen MR) is 81.5 cm³/mol. The molecule has 3 nitrogen and oxygen atoms in total. The molecule has 2 aromatic carbocycles. The number of benzene rings is 2. The molecule has 112 valence electrons. The molecule has 0 aromatic heterocycles. The minimum absolute atomic E-state index is 0.115. The molecule has 2 rings (SSSR count). The zero-order valence-electron chi connectivity index (χ0n) is 12.5. The van der Waals surface area contributed by atoms with Gasteiger partial charge in [0, 0.05) is 6.04 Å². The van der Waals surface area contributed by atoms with E-state index in [1.807, 2.05) is 37.4 Å². The second-order valence-corrected chi connectivity index (χ2v) is 4.79. The molecule has 0 aliphatic heterocycles. The maximum absolute atomic E-state index is 13.7. The van der Waals surface area contributed by atoms with Crippen molar-refractivity contribution in [3.05, 3.63) is 59.4 Å². The highest BCUT2D eigenvalue weighted by molar-refractivity contribution is 5.33. The summed E-state index contributed by atoms with van der Waals surface area (Å²) in [6.07, 6.45) is 0.698. The lowest BCUT2D eigenvalue weighted by Gasteiger charge is -2.17. The van der Waals surface area contributed by atoms with Crippen LogP contribution in [0.1, 0.15) is 17.2 Å².